The first-order chi connectivity index (χ1) is 15.3. The fourth-order valence-corrected chi connectivity index (χ4v) is 3.41. The summed E-state index contributed by atoms with van der Waals surface area (Å²) in [4.78, 5) is 18.4. The van der Waals surface area contributed by atoms with Gasteiger partial charge in [0.05, 0.1) is 0 Å². The predicted octanol–water partition coefficient (Wildman–Crippen LogP) is 4.76. The molecular weight excluding hydrogens is 400 g/mol. The van der Waals surface area contributed by atoms with Crippen LogP contribution in [0.15, 0.2) is 48.5 Å². The van der Waals surface area contributed by atoms with Crippen LogP contribution in [0.5, 0.6) is 5.75 Å². The molecule has 32 heavy (non-hydrogen) atoms. The van der Waals surface area contributed by atoms with Crippen LogP contribution in [0.3, 0.4) is 0 Å². The molecule has 5 heteroatoms. The first-order valence-electron chi connectivity index (χ1n) is 11.1. The number of nitrogens with zero attached hydrogens (tertiary/aromatic N) is 1. The molecule has 2 N–H and O–H groups in total. The SMILES string of the molecule is C=O.C=O.CN1CCC(c2ccc(OCCN)cc2)CC1.Cc1ccc(C(C)(C)C)cc1. The molecule has 1 aliphatic heterocycles. The van der Waals surface area contributed by atoms with Crippen molar-refractivity contribution in [3.05, 3.63) is 65.2 Å². The van der Waals surface area contributed by atoms with E-state index in [-0.39, 0.29) is 5.41 Å². The molecule has 3 rings (SSSR count). The van der Waals surface area contributed by atoms with E-state index in [4.69, 9.17) is 20.1 Å². The van der Waals surface area contributed by atoms with E-state index < -0.39 is 0 Å². The van der Waals surface area contributed by atoms with Gasteiger partial charge in [-0.15, -0.1) is 0 Å². The average molecular weight is 443 g/mol. The molecule has 1 heterocycles. The zero-order valence-corrected chi connectivity index (χ0v) is 20.6. The predicted molar refractivity (Wildman–Crippen MR) is 135 cm³/mol. The number of hydrogen-bond donors (Lipinski definition) is 1. The van der Waals surface area contributed by atoms with Gasteiger partial charge in [-0.05, 0) is 74.5 Å². The fourth-order valence-electron chi connectivity index (χ4n) is 3.41. The molecule has 0 aliphatic carbocycles. The van der Waals surface area contributed by atoms with Crippen LogP contribution < -0.4 is 10.5 Å². The smallest absolute Gasteiger partial charge is 0.119 e. The Morgan fingerprint density at radius 2 is 1.44 bits per heavy atom. The van der Waals surface area contributed by atoms with Crippen molar-refractivity contribution < 1.29 is 14.3 Å². The van der Waals surface area contributed by atoms with Crippen LogP contribution >= 0.6 is 0 Å². The van der Waals surface area contributed by atoms with E-state index >= 15 is 0 Å². The quantitative estimate of drug-likeness (QED) is 0.739. The van der Waals surface area contributed by atoms with Gasteiger partial charge in [-0.3, -0.25) is 0 Å². The van der Waals surface area contributed by atoms with E-state index in [1.807, 2.05) is 13.6 Å². The summed E-state index contributed by atoms with van der Waals surface area (Å²) in [6.07, 6.45) is 2.53. The van der Waals surface area contributed by atoms with E-state index in [1.54, 1.807) is 0 Å². The Morgan fingerprint density at radius 1 is 0.938 bits per heavy atom. The second-order valence-corrected chi connectivity index (χ2v) is 8.90. The molecule has 0 amide bonds. The number of likely N-dealkylation sites (tertiary alicyclic amines) is 1. The van der Waals surface area contributed by atoms with Crippen LogP contribution in [0.4, 0.5) is 0 Å². The van der Waals surface area contributed by atoms with E-state index in [0.29, 0.717) is 13.2 Å². The lowest BCUT2D eigenvalue weighted by Crippen LogP contribution is -2.29. The first-order valence-corrected chi connectivity index (χ1v) is 11.1. The number of hydrogen-bond acceptors (Lipinski definition) is 5. The summed E-state index contributed by atoms with van der Waals surface area (Å²) in [7, 11) is 2.19. The van der Waals surface area contributed by atoms with Crippen LogP contribution in [0.25, 0.3) is 0 Å². The third-order valence-corrected chi connectivity index (χ3v) is 5.37. The molecule has 0 radical (unpaired) electrons. The molecule has 0 bridgehead atoms. The maximum atomic E-state index is 8.00. The third kappa shape index (κ3) is 11.2. The Labute approximate surface area is 195 Å². The van der Waals surface area contributed by atoms with E-state index in [2.05, 4.69) is 88.2 Å². The summed E-state index contributed by atoms with van der Waals surface area (Å²) < 4.78 is 5.48. The molecule has 1 saturated heterocycles. The van der Waals surface area contributed by atoms with Crippen molar-refractivity contribution in [1.82, 2.24) is 4.90 Å². The maximum Gasteiger partial charge on any atom is 0.119 e. The van der Waals surface area contributed by atoms with Crippen molar-refractivity contribution in [3.8, 4) is 5.75 Å². The second-order valence-electron chi connectivity index (χ2n) is 8.90. The van der Waals surface area contributed by atoms with Crippen molar-refractivity contribution in [2.75, 3.05) is 33.3 Å². The molecule has 0 unspecified atom stereocenters. The van der Waals surface area contributed by atoms with E-state index in [1.165, 1.54) is 42.6 Å². The molecule has 0 saturated carbocycles. The standard InChI is InChI=1S/C14H22N2O.C11H16.2CH2O/c1-16-9-6-13(7-10-16)12-2-4-14(5-3-12)17-11-8-15;1-9-5-7-10(8-6-9)11(2,3)4;2*1-2/h2-5,13H,6-11,15H2,1H3;5-8H,1-4H3;2*1H2. The molecule has 5 nitrogen and oxygen atoms in total. The van der Waals surface area contributed by atoms with Crippen molar-refractivity contribution >= 4 is 13.6 Å². The number of carbonyl (C=O) groups excluding carboxylic acids is 2. The number of nitrogens with two attached hydrogens (primary N) is 1. The Balaban J connectivity index is 0.000000555. The lowest BCUT2D eigenvalue weighted by atomic mass is 9.87. The minimum atomic E-state index is 0.285. The highest BCUT2D eigenvalue weighted by molar-refractivity contribution is 5.30. The summed E-state index contributed by atoms with van der Waals surface area (Å²) in [5.41, 5.74) is 9.87. The summed E-state index contributed by atoms with van der Waals surface area (Å²) >= 11 is 0. The largest absolute Gasteiger partial charge is 0.492 e. The topological polar surface area (TPSA) is 72.6 Å². The Bertz CT molecular complexity index is 714. The summed E-state index contributed by atoms with van der Waals surface area (Å²) in [6, 6.07) is 17.3. The lowest BCUT2D eigenvalue weighted by Gasteiger charge is -2.29. The molecule has 0 spiro atoms. The number of aryl methyl sites for hydroxylation is 1. The van der Waals surface area contributed by atoms with Gasteiger partial charge in [0.15, 0.2) is 0 Å². The first kappa shape index (κ1) is 29.5. The molecule has 178 valence electrons. The number of benzene rings is 2. The van der Waals surface area contributed by atoms with Crippen LogP contribution in [0, 0.1) is 6.92 Å². The Kier molecular flexibility index (Phi) is 14.9. The minimum absolute atomic E-state index is 0.285. The Hall–Kier alpha value is -2.50. The van der Waals surface area contributed by atoms with E-state index in [0.717, 1.165) is 11.7 Å². The van der Waals surface area contributed by atoms with Crippen LogP contribution in [0.2, 0.25) is 0 Å². The van der Waals surface area contributed by atoms with E-state index in [9.17, 15) is 0 Å². The van der Waals surface area contributed by atoms with Crippen molar-refractivity contribution in [1.29, 1.82) is 0 Å². The van der Waals surface area contributed by atoms with Gasteiger partial charge < -0.3 is 25.0 Å². The number of piperidine rings is 1. The third-order valence-electron chi connectivity index (χ3n) is 5.37. The summed E-state index contributed by atoms with van der Waals surface area (Å²) in [5.74, 6) is 1.64. The molecule has 2 aromatic carbocycles. The Morgan fingerprint density at radius 3 is 1.88 bits per heavy atom. The highest BCUT2D eigenvalue weighted by Gasteiger charge is 2.18. The van der Waals surface area contributed by atoms with Gasteiger partial charge in [0.25, 0.3) is 0 Å². The molecule has 0 atom stereocenters. The van der Waals surface area contributed by atoms with Gasteiger partial charge in [-0.1, -0.05) is 62.7 Å². The number of rotatable bonds is 4. The van der Waals surface area contributed by atoms with Crippen molar-refractivity contribution in [3.63, 3.8) is 0 Å². The summed E-state index contributed by atoms with van der Waals surface area (Å²) in [6.45, 7) is 16.4. The van der Waals surface area contributed by atoms with Crippen LogP contribution in [-0.4, -0.2) is 51.8 Å². The molecule has 1 fully saturated rings. The number of ether oxygens (including phenoxy) is 1. The second kappa shape index (κ2) is 16.2. The molecule has 2 aromatic rings. The maximum absolute atomic E-state index is 8.00. The lowest BCUT2D eigenvalue weighted by molar-refractivity contribution is -0.0987. The van der Waals surface area contributed by atoms with Gasteiger partial charge in [-0.2, -0.15) is 0 Å². The summed E-state index contributed by atoms with van der Waals surface area (Å²) in [5, 5.41) is 0. The molecule has 0 aromatic heterocycles. The van der Waals surface area contributed by atoms with Crippen molar-refractivity contribution in [2.24, 2.45) is 5.73 Å². The number of carbonyl (C=O) groups is 2. The zero-order valence-electron chi connectivity index (χ0n) is 20.6. The average Bonchev–Trinajstić information content (AvgIpc) is 2.81. The minimum Gasteiger partial charge on any atom is -0.492 e. The van der Waals surface area contributed by atoms with Gasteiger partial charge in [0, 0.05) is 6.54 Å². The van der Waals surface area contributed by atoms with Crippen molar-refractivity contribution in [2.45, 2.75) is 51.9 Å². The monoisotopic (exact) mass is 442 g/mol. The zero-order chi connectivity index (χ0) is 24.6. The van der Waals surface area contributed by atoms with Gasteiger partial charge in [-0.25, -0.2) is 0 Å². The van der Waals surface area contributed by atoms with Gasteiger partial charge >= 0.3 is 0 Å². The van der Waals surface area contributed by atoms with Gasteiger partial charge in [0.1, 0.15) is 25.9 Å². The fraction of sp³-hybridized carbons (Fsp3) is 0.481. The van der Waals surface area contributed by atoms with Crippen LogP contribution in [-0.2, 0) is 15.0 Å². The normalized spacial score (nSPS) is 13.9. The van der Waals surface area contributed by atoms with Gasteiger partial charge in [0.2, 0.25) is 0 Å². The van der Waals surface area contributed by atoms with Crippen LogP contribution in [0.1, 0.15) is 56.2 Å². The highest BCUT2D eigenvalue weighted by atomic mass is 16.5. The highest BCUT2D eigenvalue weighted by Crippen LogP contribution is 2.28. The molecule has 1 aliphatic rings. The molecular formula is C27H42N2O3.